The van der Waals surface area contributed by atoms with Crippen molar-refractivity contribution < 1.29 is 38.2 Å². The van der Waals surface area contributed by atoms with Gasteiger partial charge in [0.1, 0.15) is 17.7 Å². The minimum absolute atomic E-state index is 0.0246. The van der Waals surface area contributed by atoms with Crippen LogP contribution in [0.2, 0.25) is 0 Å². The zero-order valence-electron chi connectivity index (χ0n) is 31.1. The van der Waals surface area contributed by atoms with Gasteiger partial charge in [0.05, 0.1) is 18.6 Å². The van der Waals surface area contributed by atoms with Crippen molar-refractivity contribution in [3.63, 3.8) is 0 Å². The number of nitrogens with zero attached hydrogens (tertiary/aromatic N) is 1. The number of carbonyl (C=O) groups is 6. The number of ether oxygens (including phenoxy) is 2. The summed E-state index contributed by atoms with van der Waals surface area (Å²) < 4.78 is 10.3. The van der Waals surface area contributed by atoms with Crippen molar-refractivity contribution in [2.45, 2.75) is 149 Å². The molecule has 5 aliphatic rings. The third-order valence-corrected chi connectivity index (χ3v) is 11.1. The van der Waals surface area contributed by atoms with Crippen molar-refractivity contribution in [1.29, 1.82) is 0 Å². The Morgan fingerprint density at radius 3 is 2.00 bits per heavy atom. The number of amides is 3. The summed E-state index contributed by atoms with van der Waals surface area (Å²) in [5.74, 6) is -1.50. The lowest BCUT2D eigenvalue weighted by molar-refractivity contribution is -0.160. The van der Waals surface area contributed by atoms with Crippen LogP contribution in [0.25, 0.3) is 0 Å². The van der Waals surface area contributed by atoms with Crippen LogP contribution in [0.4, 0.5) is 0 Å². The molecule has 2 N–H and O–H groups in total. The molecular formula is C38H61N3O8. The summed E-state index contributed by atoms with van der Waals surface area (Å²) in [5.41, 5.74) is -1.06. The third kappa shape index (κ3) is 9.84. The fraction of sp³-hybridized carbons (Fsp3) is 0.842. The number of methoxy groups -OCH3 is 1. The van der Waals surface area contributed by atoms with Gasteiger partial charge in [0.25, 0.3) is 0 Å². The van der Waals surface area contributed by atoms with Gasteiger partial charge in [0.15, 0.2) is 5.78 Å². The molecule has 0 spiro atoms. The minimum atomic E-state index is -0.946. The Morgan fingerprint density at radius 2 is 1.49 bits per heavy atom. The monoisotopic (exact) mass is 687 g/mol. The SMILES string of the molecule is COC(=O)[C@@H](NC(=O)[C@H](CCC(=O)OC(C)(C)C)CC(=O)[C@H](CC(C)C)NC(=O)[C@@H]1CCCN1C(=O)C12CC3CC(CC(C3)C1)C2)C(C)C. The van der Waals surface area contributed by atoms with Gasteiger partial charge in [-0.2, -0.15) is 0 Å². The molecule has 11 heteroatoms. The molecule has 5 rings (SSSR count). The van der Waals surface area contributed by atoms with E-state index in [0.29, 0.717) is 37.1 Å². The average molecular weight is 688 g/mol. The fourth-order valence-corrected chi connectivity index (χ4v) is 9.26. The third-order valence-electron chi connectivity index (χ3n) is 11.1. The van der Waals surface area contributed by atoms with Crippen molar-refractivity contribution in [3.8, 4) is 0 Å². The second kappa shape index (κ2) is 15.9. The Bertz CT molecular complexity index is 1220. The standard InChI is InChI=1S/C38H61N3O8/c1-22(2)14-28(30(42)18-27(11-12-31(43)49-37(5,6)7)33(44)40-32(23(3)4)35(46)48-8)39-34(45)29-10-9-13-41(29)36(47)38-19-24-15-25(20-38)17-26(16-24)21-38/h22-29,32H,9-21H2,1-8H3,(H,39,45)(H,40,44)/t24?,25?,26?,27-,28+,29+,32+,38?/m1/s1. The summed E-state index contributed by atoms with van der Waals surface area (Å²) >= 11 is 0. The number of ketones is 1. The van der Waals surface area contributed by atoms with E-state index in [1.165, 1.54) is 26.4 Å². The normalized spacial score (nSPS) is 27.8. The molecule has 4 atom stereocenters. The van der Waals surface area contributed by atoms with E-state index in [2.05, 4.69) is 10.6 Å². The van der Waals surface area contributed by atoms with Gasteiger partial charge in [0, 0.05) is 25.3 Å². The highest BCUT2D eigenvalue weighted by atomic mass is 16.6. The molecule has 1 aliphatic heterocycles. The first-order valence-corrected chi connectivity index (χ1v) is 18.7. The molecule has 4 aliphatic carbocycles. The van der Waals surface area contributed by atoms with Crippen molar-refractivity contribution in [1.82, 2.24) is 15.5 Å². The first kappa shape index (κ1) is 38.8. The Morgan fingerprint density at radius 1 is 0.898 bits per heavy atom. The largest absolute Gasteiger partial charge is 0.467 e. The highest BCUT2D eigenvalue weighted by molar-refractivity contribution is 5.96. The van der Waals surface area contributed by atoms with Gasteiger partial charge in [-0.05, 0) is 115 Å². The van der Waals surface area contributed by atoms with E-state index in [1.54, 1.807) is 39.5 Å². The number of hydrogen-bond donors (Lipinski definition) is 2. The van der Waals surface area contributed by atoms with Gasteiger partial charge in [-0.25, -0.2) is 4.79 Å². The number of nitrogens with one attached hydrogen (secondary N) is 2. The molecule has 276 valence electrons. The van der Waals surface area contributed by atoms with Crippen molar-refractivity contribution in [2.75, 3.05) is 13.7 Å². The molecule has 0 unspecified atom stereocenters. The highest BCUT2D eigenvalue weighted by Gasteiger charge is 2.57. The van der Waals surface area contributed by atoms with Gasteiger partial charge in [-0.15, -0.1) is 0 Å². The molecule has 0 radical (unpaired) electrons. The van der Waals surface area contributed by atoms with Crippen LogP contribution in [0, 0.1) is 40.9 Å². The van der Waals surface area contributed by atoms with Gasteiger partial charge in [0.2, 0.25) is 17.7 Å². The molecule has 0 aromatic heterocycles. The maximum absolute atomic E-state index is 14.2. The quantitative estimate of drug-likeness (QED) is 0.235. The van der Waals surface area contributed by atoms with Crippen LogP contribution in [0.3, 0.4) is 0 Å². The number of carbonyl (C=O) groups excluding carboxylic acids is 6. The van der Waals surface area contributed by atoms with Crippen LogP contribution >= 0.6 is 0 Å². The predicted molar refractivity (Wildman–Crippen MR) is 184 cm³/mol. The summed E-state index contributed by atoms with van der Waals surface area (Å²) in [5, 5.41) is 5.73. The number of likely N-dealkylation sites (tertiary alicyclic amines) is 1. The summed E-state index contributed by atoms with van der Waals surface area (Å²) in [7, 11) is 1.24. The summed E-state index contributed by atoms with van der Waals surface area (Å²) in [4.78, 5) is 82.6. The van der Waals surface area contributed by atoms with Crippen molar-refractivity contribution in [3.05, 3.63) is 0 Å². The first-order valence-electron chi connectivity index (χ1n) is 18.7. The van der Waals surface area contributed by atoms with Crippen LogP contribution in [0.5, 0.6) is 0 Å². The fourth-order valence-electron chi connectivity index (χ4n) is 9.26. The topological polar surface area (TPSA) is 148 Å². The predicted octanol–water partition coefficient (Wildman–Crippen LogP) is 4.74. The molecule has 5 fully saturated rings. The molecule has 0 aromatic carbocycles. The zero-order valence-corrected chi connectivity index (χ0v) is 31.1. The molecular weight excluding hydrogens is 626 g/mol. The zero-order chi connectivity index (χ0) is 36.3. The maximum Gasteiger partial charge on any atom is 0.328 e. The number of hydrogen-bond acceptors (Lipinski definition) is 8. The Labute approximate surface area is 292 Å². The van der Waals surface area contributed by atoms with Crippen LogP contribution in [-0.2, 0) is 38.2 Å². The van der Waals surface area contributed by atoms with Gasteiger partial charge < -0.3 is 25.0 Å². The second-order valence-electron chi connectivity index (χ2n) is 17.3. The summed E-state index contributed by atoms with van der Waals surface area (Å²) in [6.45, 7) is 13.3. The smallest absolute Gasteiger partial charge is 0.328 e. The molecule has 11 nitrogen and oxygen atoms in total. The van der Waals surface area contributed by atoms with Crippen LogP contribution in [-0.4, -0.2) is 77.7 Å². The first-order chi connectivity index (χ1) is 22.9. The van der Waals surface area contributed by atoms with Gasteiger partial charge in [-0.3, -0.25) is 24.0 Å². The highest BCUT2D eigenvalue weighted by Crippen LogP contribution is 2.60. The lowest BCUT2D eigenvalue weighted by Gasteiger charge is -2.56. The van der Waals surface area contributed by atoms with Gasteiger partial charge >= 0.3 is 11.9 Å². The van der Waals surface area contributed by atoms with E-state index >= 15 is 0 Å². The van der Waals surface area contributed by atoms with E-state index in [1.807, 2.05) is 13.8 Å². The van der Waals surface area contributed by atoms with E-state index < -0.39 is 47.5 Å². The second-order valence-corrected chi connectivity index (χ2v) is 17.3. The summed E-state index contributed by atoms with van der Waals surface area (Å²) in [6, 6.07) is -2.42. The number of rotatable bonds is 15. The molecule has 4 bridgehead atoms. The molecule has 49 heavy (non-hydrogen) atoms. The molecule has 1 saturated heterocycles. The molecule has 1 heterocycles. The summed E-state index contributed by atoms with van der Waals surface area (Å²) in [6.07, 6.45) is 7.81. The number of Topliss-reactive ketones (excluding diaryl/α,β-unsaturated/α-hetero) is 1. The lowest BCUT2D eigenvalue weighted by Crippen LogP contribution is -2.58. The Hall–Kier alpha value is -2.98. The van der Waals surface area contributed by atoms with E-state index in [9.17, 15) is 28.8 Å². The molecule has 4 saturated carbocycles. The van der Waals surface area contributed by atoms with Crippen LogP contribution < -0.4 is 10.6 Å². The average Bonchev–Trinajstić information content (AvgIpc) is 3.48. The maximum atomic E-state index is 14.2. The molecule has 3 amide bonds. The van der Waals surface area contributed by atoms with Crippen LogP contribution in [0.1, 0.15) is 126 Å². The van der Waals surface area contributed by atoms with E-state index in [4.69, 9.17) is 9.47 Å². The number of esters is 2. The van der Waals surface area contributed by atoms with Crippen molar-refractivity contribution in [2.24, 2.45) is 40.9 Å². The van der Waals surface area contributed by atoms with Crippen LogP contribution in [0.15, 0.2) is 0 Å². The lowest BCUT2D eigenvalue weighted by atomic mass is 9.49. The minimum Gasteiger partial charge on any atom is -0.467 e. The Balaban J connectivity index is 1.47. The van der Waals surface area contributed by atoms with E-state index in [-0.39, 0.29) is 54.1 Å². The molecule has 0 aromatic rings. The Kier molecular flexibility index (Phi) is 12.6. The van der Waals surface area contributed by atoms with E-state index in [0.717, 1.165) is 25.7 Å². The van der Waals surface area contributed by atoms with Gasteiger partial charge in [-0.1, -0.05) is 27.7 Å². The van der Waals surface area contributed by atoms with Crippen molar-refractivity contribution >= 4 is 35.4 Å².